The van der Waals surface area contributed by atoms with Gasteiger partial charge in [0, 0.05) is 17.1 Å². The van der Waals surface area contributed by atoms with Gasteiger partial charge in [0.1, 0.15) is 0 Å². The van der Waals surface area contributed by atoms with Crippen molar-refractivity contribution in [3.8, 4) is 0 Å². The Kier molecular flexibility index (Phi) is 10.3. The second kappa shape index (κ2) is 13.2. The Morgan fingerprint density at radius 2 is 1.63 bits per heavy atom. The van der Waals surface area contributed by atoms with Crippen molar-refractivity contribution in [2.45, 2.75) is 119 Å². The molecule has 0 radical (unpaired) electrons. The van der Waals surface area contributed by atoms with E-state index in [0.29, 0.717) is 10.8 Å². The highest BCUT2D eigenvalue weighted by Gasteiger charge is 2.59. The third kappa shape index (κ3) is 6.86. The van der Waals surface area contributed by atoms with Gasteiger partial charge < -0.3 is 17.2 Å². The number of nitrogen functional groups attached to an aromatic ring is 2. The van der Waals surface area contributed by atoms with E-state index in [1.54, 1.807) is 0 Å². The van der Waals surface area contributed by atoms with Crippen LogP contribution in [0.5, 0.6) is 0 Å². The molecule has 4 aliphatic rings. The normalized spacial score (nSPS) is 37.0. The van der Waals surface area contributed by atoms with Crippen molar-refractivity contribution >= 4 is 11.4 Å². The lowest BCUT2D eigenvalue weighted by atomic mass is 9.45. The number of benzene rings is 1. The van der Waals surface area contributed by atoms with Gasteiger partial charge in [-0.15, -0.1) is 0 Å². The average molecular weight is 562 g/mol. The molecule has 5 rings (SSSR count). The van der Waals surface area contributed by atoms with Crippen LogP contribution in [-0.4, -0.2) is 0 Å². The zero-order valence-corrected chi connectivity index (χ0v) is 27.6. The highest BCUT2D eigenvalue weighted by atomic mass is 14.6. The molecular formula is C38H63N3. The smallest absolute Gasteiger partial charge is 0.0367 e. The van der Waals surface area contributed by atoms with E-state index in [0.717, 1.165) is 70.8 Å². The molecule has 1 aromatic carbocycles. The Hall–Kier alpha value is -1.90. The third-order valence-corrected chi connectivity index (χ3v) is 12.6. The van der Waals surface area contributed by atoms with Gasteiger partial charge in [-0.05, 0) is 141 Å². The molecule has 3 fully saturated rings. The standard InChI is InChI=1S/C34H54N2.C4H9N/c1-22(2)7-6-8-23(3)29-13-14-30-28-12-10-26-20-24(19-25-9-11-27(35)21-32(25)36)15-17-33(26,4)31(28)16-18-34(29,30)5;1-3-4(2)5/h9-12,21-24,26,28-31H,6-8,13-20,35-36H2,1-5H3;3H,5H2,1-2H3/b;4-3+. The van der Waals surface area contributed by atoms with Gasteiger partial charge in [-0.1, -0.05) is 78.2 Å². The molecule has 0 aliphatic heterocycles. The van der Waals surface area contributed by atoms with Crippen LogP contribution in [0.1, 0.15) is 118 Å². The van der Waals surface area contributed by atoms with Crippen molar-refractivity contribution < 1.29 is 0 Å². The molecule has 41 heavy (non-hydrogen) atoms. The minimum atomic E-state index is 0.491. The maximum Gasteiger partial charge on any atom is 0.0367 e. The summed E-state index contributed by atoms with van der Waals surface area (Å²) in [5, 5.41) is 0. The molecule has 3 nitrogen and oxygen atoms in total. The number of hydrogen-bond donors (Lipinski definition) is 3. The summed E-state index contributed by atoms with van der Waals surface area (Å²) in [5.74, 6) is 6.79. The van der Waals surface area contributed by atoms with Crippen LogP contribution in [0.15, 0.2) is 42.1 Å². The number of rotatable bonds is 7. The first kappa shape index (κ1) is 32.0. The molecule has 6 N–H and O–H groups in total. The first-order chi connectivity index (χ1) is 19.4. The molecule has 0 bridgehead atoms. The Bertz CT molecular complexity index is 1070. The van der Waals surface area contributed by atoms with Gasteiger partial charge in [-0.25, -0.2) is 0 Å². The molecule has 230 valence electrons. The van der Waals surface area contributed by atoms with Crippen LogP contribution < -0.4 is 17.2 Å². The summed E-state index contributed by atoms with van der Waals surface area (Å²) >= 11 is 0. The minimum Gasteiger partial charge on any atom is -0.403 e. The summed E-state index contributed by atoms with van der Waals surface area (Å²) in [6.07, 6.45) is 22.6. The molecule has 0 spiro atoms. The molecule has 1 aromatic rings. The van der Waals surface area contributed by atoms with E-state index in [1.807, 2.05) is 32.1 Å². The van der Waals surface area contributed by atoms with Crippen LogP contribution in [0.2, 0.25) is 0 Å². The van der Waals surface area contributed by atoms with Crippen molar-refractivity contribution in [2.24, 2.45) is 63.9 Å². The van der Waals surface area contributed by atoms with E-state index < -0.39 is 0 Å². The van der Waals surface area contributed by atoms with Gasteiger partial charge in [0.05, 0.1) is 0 Å². The molecule has 0 aromatic heterocycles. The number of hydrogen-bond acceptors (Lipinski definition) is 3. The Balaban J connectivity index is 0.000000714. The van der Waals surface area contributed by atoms with Crippen molar-refractivity contribution in [3.05, 3.63) is 47.7 Å². The van der Waals surface area contributed by atoms with Crippen molar-refractivity contribution in [3.63, 3.8) is 0 Å². The topological polar surface area (TPSA) is 78.1 Å². The fraction of sp³-hybridized carbons (Fsp3) is 0.737. The van der Waals surface area contributed by atoms with Gasteiger partial charge in [0.2, 0.25) is 0 Å². The minimum absolute atomic E-state index is 0.491. The molecule has 3 saturated carbocycles. The van der Waals surface area contributed by atoms with Gasteiger partial charge in [0.25, 0.3) is 0 Å². The lowest BCUT2D eigenvalue weighted by Gasteiger charge is -2.59. The predicted octanol–water partition coefficient (Wildman–Crippen LogP) is 9.78. The Morgan fingerprint density at radius 3 is 2.29 bits per heavy atom. The fourth-order valence-corrected chi connectivity index (χ4v) is 10.0. The molecular weight excluding hydrogens is 498 g/mol. The molecule has 3 heteroatoms. The van der Waals surface area contributed by atoms with E-state index in [9.17, 15) is 0 Å². The average Bonchev–Trinajstić information content (AvgIpc) is 3.28. The van der Waals surface area contributed by atoms with Gasteiger partial charge in [0.15, 0.2) is 0 Å². The molecule has 0 amide bonds. The Labute approximate surface area is 253 Å². The van der Waals surface area contributed by atoms with Crippen molar-refractivity contribution in [1.29, 1.82) is 0 Å². The largest absolute Gasteiger partial charge is 0.403 e. The van der Waals surface area contributed by atoms with Crippen LogP contribution in [0.4, 0.5) is 11.4 Å². The summed E-state index contributed by atoms with van der Waals surface area (Å²) in [4.78, 5) is 0. The van der Waals surface area contributed by atoms with E-state index >= 15 is 0 Å². The SMILES string of the molecule is C/C=C(\C)N.CC(C)CCCC(C)C1CCC2C3C=CC4CC(Cc5ccc(N)cc5N)CCC4(C)C3CCC12C. The zero-order chi connectivity index (χ0) is 29.9. The Morgan fingerprint density at radius 1 is 0.951 bits per heavy atom. The molecule has 0 saturated heterocycles. The van der Waals surface area contributed by atoms with E-state index in [1.165, 1.54) is 69.8 Å². The van der Waals surface area contributed by atoms with Gasteiger partial charge >= 0.3 is 0 Å². The van der Waals surface area contributed by atoms with Crippen LogP contribution in [0.3, 0.4) is 0 Å². The maximum atomic E-state index is 6.32. The van der Waals surface area contributed by atoms with Crippen LogP contribution >= 0.6 is 0 Å². The van der Waals surface area contributed by atoms with Gasteiger partial charge in [-0.2, -0.15) is 0 Å². The molecule has 4 aliphatic carbocycles. The lowest BCUT2D eigenvalue weighted by Crippen LogP contribution is -2.52. The summed E-state index contributed by atoms with van der Waals surface area (Å²) in [7, 11) is 0. The summed E-state index contributed by atoms with van der Waals surface area (Å²) < 4.78 is 0. The van der Waals surface area contributed by atoms with E-state index in [2.05, 4.69) is 52.8 Å². The zero-order valence-electron chi connectivity index (χ0n) is 27.6. The van der Waals surface area contributed by atoms with Crippen molar-refractivity contribution in [2.75, 3.05) is 11.5 Å². The third-order valence-electron chi connectivity index (χ3n) is 12.6. The first-order valence-corrected chi connectivity index (χ1v) is 17.1. The molecule has 0 heterocycles. The highest BCUT2D eigenvalue weighted by molar-refractivity contribution is 5.56. The number of allylic oxidation sites excluding steroid dienone is 4. The number of nitrogens with two attached hydrogens (primary N) is 3. The molecule has 9 atom stereocenters. The molecule has 9 unspecified atom stereocenters. The maximum absolute atomic E-state index is 6.32. The number of fused-ring (bicyclic) bond motifs is 5. The summed E-state index contributed by atoms with van der Waals surface area (Å²) in [5.41, 5.74) is 22.3. The monoisotopic (exact) mass is 562 g/mol. The number of anilines is 2. The fourth-order valence-electron chi connectivity index (χ4n) is 10.0. The highest BCUT2D eigenvalue weighted by Crippen LogP contribution is 2.67. The van der Waals surface area contributed by atoms with Crippen LogP contribution in [0, 0.1) is 58.2 Å². The van der Waals surface area contributed by atoms with Gasteiger partial charge in [-0.3, -0.25) is 0 Å². The van der Waals surface area contributed by atoms with Crippen LogP contribution in [-0.2, 0) is 6.42 Å². The van der Waals surface area contributed by atoms with Crippen molar-refractivity contribution in [1.82, 2.24) is 0 Å². The summed E-state index contributed by atoms with van der Waals surface area (Å²) in [6.45, 7) is 16.5. The lowest BCUT2D eigenvalue weighted by molar-refractivity contribution is -0.0712. The van der Waals surface area contributed by atoms with E-state index in [-0.39, 0.29) is 0 Å². The second-order valence-electron chi connectivity index (χ2n) is 15.7. The first-order valence-electron chi connectivity index (χ1n) is 17.1. The second-order valence-corrected chi connectivity index (χ2v) is 15.7. The van der Waals surface area contributed by atoms with Crippen LogP contribution in [0.25, 0.3) is 0 Å². The summed E-state index contributed by atoms with van der Waals surface area (Å²) in [6, 6.07) is 6.11. The van der Waals surface area contributed by atoms with E-state index in [4.69, 9.17) is 17.2 Å². The quantitative estimate of drug-likeness (QED) is 0.229. The predicted molar refractivity (Wildman–Crippen MR) is 179 cm³/mol.